The fraction of sp³-hybridized carbons (Fsp3) is 0.619. The Kier molecular flexibility index (Phi) is 6.85. The van der Waals surface area contributed by atoms with E-state index in [0.29, 0.717) is 30.5 Å². The van der Waals surface area contributed by atoms with E-state index in [1.807, 2.05) is 25.2 Å². The molecule has 3 unspecified atom stereocenters. The van der Waals surface area contributed by atoms with Gasteiger partial charge in [0, 0.05) is 49.7 Å². The number of rotatable bonds is 5. The van der Waals surface area contributed by atoms with Gasteiger partial charge in [-0.3, -0.25) is 9.79 Å². The number of anilines is 1. The average Bonchev–Trinajstić information content (AvgIpc) is 2.61. The summed E-state index contributed by atoms with van der Waals surface area (Å²) in [5, 5.41) is 10.0. The van der Waals surface area contributed by atoms with Crippen LogP contribution in [0.3, 0.4) is 0 Å². The largest absolute Gasteiger partial charge is 0.378 e. The van der Waals surface area contributed by atoms with Crippen LogP contribution in [-0.2, 0) is 9.53 Å². The van der Waals surface area contributed by atoms with Crippen molar-refractivity contribution in [3.8, 4) is 0 Å². The van der Waals surface area contributed by atoms with Crippen molar-refractivity contribution in [3.63, 3.8) is 0 Å². The van der Waals surface area contributed by atoms with E-state index in [-0.39, 0.29) is 35.8 Å². The van der Waals surface area contributed by atoms with Crippen LogP contribution in [0.25, 0.3) is 0 Å². The Morgan fingerprint density at radius 3 is 2.82 bits per heavy atom. The molecule has 1 aromatic carbocycles. The molecule has 2 aliphatic carbocycles. The number of hydrogen-bond acceptors (Lipinski definition) is 3. The quantitative estimate of drug-likeness (QED) is 0.331. The molecule has 0 radical (unpaired) electrons. The summed E-state index contributed by atoms with van der Waals surface area (Å²) in [4.78, 5) is 16.4. The van der Waals surface area contributed by atoms with Gasteiger partial charge in [0.15, 0.2) is 5.96 Å². The lowest BCUT2D eigenvalue weighted by Crippen LogP contribution is -2.68. The van der Waals surface area contributed by atoms with Crippen molar-refractivity contribution in [2.75, 3.05) is 25.5 Å². The number of carbonyl (C=O) groups excluding carboxylic acids is 1. The van der Waals surface area contributed by atoms with Crippen LogP contribution in [0.5, 0.6) is 0 Å². The van der Waals surface area contributed by atoms with Crippen molar-refractivity contribution in [1.82, 2.24) is 10.6 Å². The fourth-order valence-electron chi connectivity index (χ4n) is 4.90. The third-order valence-corrected chi connectivity index (χ3v) is 6.59. The number of aliphatic imine (C=N–C) groups is 1. The highest BCUT2D eigenvalue weighted by atomic mass is 127. The van der Waals surface area contributed by atoms with Gasteiger partial charge < -0.3 is 20.7 Å². The molecule has 1 spiro atoms. The van der Waals surface area contributed by atoms with E-state index in [1.54, 1.807) is 0 Å². The van der Waals surface area contributed by atoms with Crippen molar-refractivity contribution in [3.05, 3.63) is 29.8 Å². The number of ether oxygens (including phenoxy) is 1. The second-order valence-electron chi connectivity index (χ2n) is 7.95. The second-order valence-corrected chi connectivity index (χ2v) is 7.95. The smallest absolute Gasteiger partial charge is 0.225 e. The number of carbonyl (C=O) groups is 1. The highest BCUT2D eigenvalue weighted by Crippen LogP contribution is 2.57. The molecule has 28 heavy (non-hydrogen) atoms. The molecule has 3 atom stereocenters. The molecule has 3 aliphatic rings. The van der Waals surface area contributed by atoms with Crippen LogP contribution in [0.2, 0.25) is 0 Å². The standard InChI is InChI=1S/C21H30N4O2.HI/c1-3-27-18-12-17(21(18)9-6-10-21)25-20(22-2)23-13-14-11-19(26)24-16-8-5-4-7-15(14)16;/h4-5,7-8,14,17-18H,3,6,9-13H2,1-2H3,(H,24,26)(H2,22,23,25);1H. The summed E-state index contributed by atoms with van der Waals surface area (Å²) in [5.74, 6) is 1.06. The Morgan fingerprint density at radius 2 is 2.14 bits per heavy atom. The van der Waals surface area contributed by atoms with Gasteiger partial charge in [-0.15, -0.1) is 24.0 Å². The third kappa shape index (κ3) is 3.87. The van der Waals surface area contributed by atoms with E-state index in [4.69, 9.17) is 4.74 Å². The zero-order chi connectivity index (χ0) is 18.9. The van der Waals surface area contributed by atoms with Gasteiger partial charge in [-0.05, 0) is 37.8 Å². The molecule has 154 valence electrons. The third-order valence-electron chi connectivity index (χ3n) is 6.59. The Labute approximate surface area is 184 Å². The molecule has 0 bridgehead atoms. The number of hydrogen-bond donors (Lipinski definition) is 3. The summed E-state index contributed by atoms with van der Waals surface area (Å²) < 4.78 is 5.94. The zero-order valence-electron chi connectivity index (χ0n) is 16.7. The van der Waals surface area contributed by atoms with Crippen LogP contribution in [-0.4, -0.2) is 44.2 Å². The topological polar surface area (TPSA) is 74.8 Å². The number of nitrogens with zero attached hydrogens (tertiary/aromatic N) is 1. The highest BCUT2D eigenvalue weighted by molar-refractivity contribution is 14.0. The van der Waals surface area contributed by atoms with Crippen LogP contribution in [0, 0.1) is 5.41 Å². The maximum atomic E-state index is 12.0. The predicted octanol–water partition coefficient (Wildman–Crippen LogP) is 3.24. The first-order chi connectivity index (χ1) is 13.2. The number of halogens is 1. The summed E-state index contributed by atoms with van der Waals surface area (Å²) in [6, 6.07) is 8.47. The Balaban J connectivity index is 0.00000225. The SMILES string of the molecule is CCOC1CC(NC(=NC)NCC2CC(=O)Nc3ccccc32)C12CCC2.I. The van der Waals surface area contributed by atoms with Crippen LogP contribution in [0.4, 0.5) is 5.69 Å². The van der Waals surface area contributed by atoms with Crippen LogP contribution < -0.4 is 16.0 Å². The molecule has 0 saturated heterocycles. The molecule has 4 rings (SSSR count). The van der Waals surface area contributed by atoms with Gasteiger partial charge in [0.1, 0.15) is 0 Å². The number of para-hydroxylation sites is 1. The number of fused-ring (bicyclic) bond motifs is 1. The summed E-state index contributed by atoms with van der Waals surface area (Å²) in [5.41, 5.74) is 2.41. The lowest BCUT2D eigenvalue weighted by atomic mass is 9.51. The zero-order valence-corrected chi connectivity index (χ0v) is 19.0. The Bertz CT molecular complexity index is 735. The molecule has 1 aliphatic heterocycles. The van der Waals surface area contributed by atoms with Gasteiger partial charge in [0.2, 0.25) is 5.91 Å². The maximum absolute atomic E-state index is 12.0. The van der Waals surface area contributed by atoms with E-state index in [9.17, 15) is 4.79 Å². The van der Waals surface area contributed by atoms with E-state index in [1.165, 1.54) is 24.8 Å². The highest BCUT2D eigenvalue weighted by Gasteiger charge is 2.59. The van der Waals surface area contributed by atoms with Gasteiger partial charge in [-0.25, -0.2) is 0 Å². The number of benzene rings is 1. The number of nitrogens with one attached hydrogen (secondary N) is 3. The van der Waals surface area contributed by atoms with Gasteiger partial charge >= 0.3 is 0 Å². The Morgan fingerprint density at radius 1 is 1.36 bits per heavy atom. The van der Waals surface area contributed by atoms with E-state index in [0.717, 1.165) is 24.7 Å². The Hall–Kier alpha value is -1.35. The molecule has 1 aromatic rings. The van der Waals surface area contributed by atoms with Crippen LogP contribution in [0.1, 0.15) is 50.5 Å². The first kappa shape index (κ1) is 21.4. The second kappa shape index (κ2) is 8.98. The van der Waals surface area contributed by atoms with Crippen LogP contribution in [0.15, 0.2) is 29.3 Å². The van der Waals surface area contributed by atoms with E-state index < -0.39 is 0 Å². The summed E-state index contributed by atoms with van der Waals surface area (Å²) >= 11 is 0. The molecule has 2 saturated carbocycles. The first-order valence-corrected chi connectivity index (χ1v) is 10.1. The van der Waals surface area contributed by atoms with Crippen molar-refractivity contribution in [1.29, 1.82) is 0 Å². The monoisotopic (exact) mass is 498 g/mol. The molecular weight excluding hydrogens is 467 g/mol. The normalized spacial score (nSPS) is 27.6. The predicted molar refractivity (Wildman–Crippen MR) is 122 cm³/mol. The van der Waals surface area contributed by atoms with E-state index in [2.05, 4.69) is 33.9 Å². The summed E-state index contributed by atoms with van der Waals surface area (Å²) in [7, 11) is 1.81. The van der Waals surface area contributed by atoms with Gasteiger partial charge in [-0.2, -0.15) is 0 Å². The molecule has 7 heteroatoms. The fourth-order valence-corrected chi connectivity index (χ4v) is 4.90. The van der Waals surface area contributed by atoms with Gasteiger partial charge in [0.05, 0.1) is 6.10 Å². The van der Waals surface area contributed by atoms with Gasteiger partial charge in [-0.1, -0.05) is 24.6 Å². The lowest BCUT2D eigenvalue weighted by molar-refractivity contribution is -0.168. The van der Waals surface area contributed by atoms with Crippen molar-refractivity contribution in [2.45, 2.75) is 57.1 Å². The van der Waals surface area contributed by atoms with Crippen molar-refractivity contribution >= 4 is 41.5 Å². The number of amides is 1. The minimum atomic E-state index is 0. The molecule has 1 amide bonds. The summed E-state index contributed by atoms with van der Waals surface area (Å²) in [6.45, 7) is 3.56. The average molecular weight is 498 g/mol. The lowest BCUT2D eigenvalue weighted by Gasteiger charge is -2.61. The molecule has 0 aromatic heterocycles. The molecule has 2 fully saturated rings. The molecule has 6 nitrogen and oxygen atoms in total. The first-order valence-electron chi connectivity index (χ1n) is 10.1. The molecule has 3 N–H and O–H groups in total. The molecule has 1 heterocycles. The van der Waals surface area contributed by atoms with Gasteiger partial charge in [0.25, 0.3) is 0 Å². The number of guanidine groups is 1. The minimum Gasteiger partial charge on any atom is -0.378 e. The van der Waals surface area contributed by atoms with Crippen molar-refractivity contribution in [2.24, 2.45) is 10.4 Å². The summed E-state index contributed by atoms with van der Waals surface area (Å²) in [6.07, 6.45) is 5.71. The van der Waals surface area contributed by atoms with Crippen molar-refractivity contribution < 1.29 is 9.53 Å². The van der Waals surface area contributed by atoms with Crippen LogP contribution >= 0.6 is 24.0 Å². The van der Waals surface area contributed by atoms with E-state index >= 15 is 0 Å². The molecular formula is C21H31IN4O2. The maximum Gasteiger partial charge on any atom is 0.225 e. The minimum absolute atomic E-state index is 0.